The number of rotatable bonds is 6. The van der Waals surface area contributed by atoms with Crippen molar-refractivity contribution in [2.75, 3.05) is 19.8 Å². The summed E-state index contributed by atoms with van der Waals surface area (Å²) in [6, 6.07) is 3.59. The molecule has 0 aliphatic carbocycles. The monoisotopic (exact) mass is 336 g/mol. The minimum absolute atomic E-state index is 0.0177. The van der Waals surface area contributed by atoms with Gasteiger partial charge in [0.1, 0.15) is 11.6 Å². The van der Waals surface area contributed by atoms with Crippen molar-refractivity contribution in [1.82, 2.24) is 10.3 Å². The van der Waals surface area contributed by atoms with Crippen molar-refractivity contribution in [2.24, 2.45) is 5.92 Å². The van der Waals surface area contributed by atoms with Crippen LogP contribution in [-0.2, 0) is 16.0 Å². The molecule has 7 heteroatoms. The standard InChI is InChI=1S/C17H18F2N2O3/c18-12-2-1-3-13(19)17(12)14-9-21-16(24-14)5-4-15(22)20-8-11-6-7-23-10-11/h1-3,9,11H,4-8,10H2,(H,20,22). The van der Waals surface area contributed by atoms with Gasteiger partial charge in [0.05, 0.1) is 18.4 Å². The predicted octanol–water partition coefficient (Wildman–Crippen LogP) is 2.71. The maximum Gasteiger partial charge on any atom is 0.220 e. The molecule has 128 valence electrons. The van der Waals surface area contributed by atoms with E-state index in [1.165, 1.54) is 12.3 Å². The van der Waals surface area contributed by atoms with Crippen LogP contribution in [0.4, 0.5) is 8.78 Å². The predicted molar refractivity (Wildman–Crippen MR) is 82.1 cm³/mol. The van der Waals surface area contributed by atoms with Crippen LogP contribution in [0.3, 0.4) is 0 Å². The summed E-state index contributed by atoms with van der Waals surface area (Å²) >= 11 is 0. The zero-order valence-corrected chi connectivity index (χ0v) is 13.1. The Labute approximate surface area is 138 Å². The van der Waals surface area contributed by atoms with E-state index in [-0.39, 0.29) is 36.0 Å². The zero-order chi connectivity index (χ0) is 16.9. The molecular weight excluding hydrogens is 318 g/mol. The molecule has 1 unspecified atom stereocenters. The lowest BCUT2D eigenvalue weighted by Gasteiger charge is -2.08. The molecule has 1 fully saturated rings. The highest BCUT2D eigenvalue weighted by Gasteiger charge is 2.18. The normalized spacial score (nSPS) is 17.2. The highest BCUT2D eigenvalue weighted by atomic mass is 19.1. The maximum atomic E-state index is 13.7. The zero-order valence-electron chi connectivity index (χ0n) is 13.1. The number of hydrogen-bond donors (Lipinski definition) is 1. The average Bonchev–Trinajstić information content (AvgIpc) is 3.23. The van der Waals surface area contributed by atoms with Gasteiger partial charge in [-0.3, -0.25) is 4.79 Å². The Hall–Kier alpha value is -2.28. The van der Waals surface area contributed by atoms with Crippen LogP contribution in [0.5, 0.6) is 0 Å². The molecule has 0 saturated carbocycles. The van der Waals surface area contributed by atoms with Gasteiger partial charge in [0.25, 0.3) is 0 Å². The van der Waals surface area contributed by atoms with E-state index in [1.807, 2.05) is 0 Å². The van der Waals surface area contributed by atoms with Gasteiger partial charge in [-0.15, -0.1) is 0 Å². The lowest BCUT2D eigenvalue weighted by Crippen LogP contribution is -2.29. The quantitative estimate of drug-likeness (QED) is 0.881. The molecule has 24 heavy (non-hydrogen) atoms. The number of aromatic nitrogens is 1. The summed E-state index contributed by atoms with van der Waals surface area (Å²) < 4.78 is 38.0. The summed E-state index contributed by atoms with van der Waals surface area (Å²) in [5, 5.41) is 2.84. The van der Waals surface area contributed by atoms with E-state index in [0.29, 0.717) is 19.1 Å². The third kappa shape index (κ3) is 3.97. The van der Waals surface area contributed by atoms with Crippen molar-refractivity contribution in [1.29, 1.82) is 0 Å². The van der Waals surface area contributed by atoms with Gasteiger partial charge in [0, 0.05) is 31.9 Å². The molecule has 0 spiro atoms. The molecule has 2 aromatic rings. The summed E-state index contributed by atoms with van der Waals surface area (Å²) in [4.78, 5) is 15.8. The molecular formula is C17H18F2N2O3. The fourth-order valence-electron chi connectivity index (χ4n) is 2.59. The van der Waals surface area contributed by atoms with Gasteiger partial charge in [-0.05, 0) is 18.6 Å². The number of carbonyl (C=O) groups excluding carboxylic acids is 1. The largest absolute Gasteiger partial charge is 0.441 e. The molecule has 1 N–H and O–H groups in total. The fourth-order valence-corrected chi connectivity index (χ4v) is 2.59. The van der Waals surface area contributed by atoms with E-state index < -0.39 is 11.6 Å². The highest BCUT2D eigenvalue weighted by Crippen LogP contribution is 2.26. The second kappa shape index (κ2) is 7.53. The van der Waals surface area contributed by atoms with Crippen LogP contribution in [0.1, 0.15) is 18.7 Å². The topological polar surface area (TPSA) is 64.4 Å². The van der Waals surface area contributed by atoms with Gasteiger partial charge < -0.3 is 14.5 Å². The highest BCUT2D eigenvalue weighted by molar-refractivity contribution is 5.76. The molecule has 1 saturated heterocycles. The van der Waals surface area contributed by atoms with Crippen molar-refractivity contribution in [2.45, 2.75) is 19.3 Å². The number of oxazole rings is 1. The number of nitrogens with one attached hydrogen (secondary N) is 1. The maximum absolute atomic E-state index is 13.7. The van der Waals surface area contributed by atoms with Gasteiger partial charge in [0.2, 0.25) is 5.91 Å². The van der Waals surface area contributed by atoms with Gasteiger partial charge in [-0.25, -0.2) is 13.8 Å². The molecule has 1 aromatic heterocycles. The van der Waals surface area contributed by atoms with E-state index in [1.54, 1.807) is 0 Å². The van der Waals surface area contributed by atoms with Crippen LogP contribution >= 0.6 is 0 Å². The van der Waals surface area contributed by atoms with Gasteiger partial charge in [-0.1, -0.05) is 6.07 Å². The molecule has 1 aliphatic heterocycles. The first-order valence-corrected chi connectivity index (χ1v) is 7.87. The van der Waals surface area contributed by atoms with E-state index in [0.717, 1.165) is 25.2 Å². The summed E-state index contributed by atoms with van der Waals surface area (Å²) in [5.74, 6) is -0.885. The molecule has 1 aromatic carbocycles. The van der Waals surface area contributed by atoms with Crippen molar-refractivity contribution in [3.05, 3.63) is 41.9 Å². The van der Waals surface area contributed by atoms with Crippen LogP contribution in [-0.4, -0.2) is 30.6 Å². The van der Waals surface area contributed by atoms with Gasteiger partial charge >= 0.3 is 0 Å². The average molecular weight is 336 g/mol. The van der Waals surface area contributed by atoms with Crippen LogP contribution < -0.4 is 5.32 Å². The first kappa shape index (κ1) is 16.6. The molecule has 3 rings (SSSR count). The van der Waals surface area contributed by atoms with Crippen LogP contribution in [0, 0.1) is 17.6 Å². The Morgan fingerprint density at radius 3 is 2.83 bits per heavy atom. The van der Waals surface area contributed by atoms with Crippen LogP contribution in [0.25, 0.3) is 11.3 Å². The minimum atomic E-state index is -0.714. The van der Waals surface area contributed by atoms with E-state index >= 15 is 0 Å². The van der Waals surface area contributed by atoms with Crippen molar-refractivity contribution in [3.8, 4) is 11.3 Å². The number of halogens is 2. The summed E-state index contributed by atoms with van der Waals surface area (Å²) in [6.45, 7) is 2.01. The Balaban J connectivity index is 1.53. The number of benzene rings is 1. The molecule has 0 bridgehead atoms. The lowest BCUT2D eigenvalue weighted by atomic mass is 10.1. The number of nitrogens with zero attached hydrogens (tertiary/aromatic N) is 1. The summed E-state index contributed by atoms with van der Waals surface area (Å²) in [7, 11) is 0. The Bertz CT molecular complexity index is 691. The third-order valence-electron chi connectivity index (χ3n) is 3.94. The van der Waals surface area contributed by atoms with Gasteiger partial charge in [0.15, 0.2) is 11.7 Å². The number of carbonyl (C=O) groups is 1. The second-order valence-corrected chi connectivity index (χ2v) is 5.75. The second-order valence-electron chi connectivity index (χ2n) is 5.75. The summed E-state index contributed by atoms with van der Waals surface area (Å²) in [5.41, 5.74) is -0.248. The first-order chi connectivity index (χ1) is 11.6. The molecule has 2 heterocycles. The Kier molecular flexibility index (Phi) is 5.20. The molecule has 1 amide bonds. The minimum Gasteiger partial charge on any atom is -0.441 e. The number of hydrogen-bond acceptors (Lipinski definition) is 4. The lowest BCUT2D eigenvalue weighted by molar-refractivity contribution is -0.121. The van der Waals surface area contributed by atoms with E-state index in [4.69, 9.17) is 9.15 Å². The van der Waals surface area contributed by atoms with E-state index in [9.17, 15) is 13.6 Å². The SMILES string of the molecule is O=C(CCc1ncc(-c2c(F)cccc2F)o1)NCC1CCOC1. The van der Waals surface area contributed by atoms with Crippen LogP contribution in [0.2, 0.25) is 0 Å². The Morgan fingerprint density at radius 1 is 1.33 bits per heavy atom. The Morgan fingerprint density at radius 2 is 2.12 bits per heavy atom. The number of aryl methyl sites for hydroxylation is 1. The third-order valence-corrected chi connectivity index (χ3v) is 3.94. The van der Waals surface area contributed by atoms with Crippen molar-refractivity contribution in [3.63, 3.8) is 0 Å². The van der Waals surface area contributed by atoms with Crippen molar-refractivity contribution < 1.29 is 22.7 Å². The summed E-state index contributed by atoms with van der Waals surface area (Å²) in [6.07, 6.45) is 2.69. The van der Waals surface area contributed by atoms with Crippen molar-refractivity contribution >= 4 is 5.91 Å². The number of amides is 1. The van der Waals surface area contributed by atoms with E-state index in [2.05, 4.69) is 10.3 Å². The molecule has 0 radical (unpaired) electrons. The van der Waals surface area contributed by atoms with Gasteiger partial charge in [-0.2, -0.15) is 0 Å². The number of ether oxygens (including phenoxy) is 1. The fraction of sp³-hybridized carbons (Fsp3) is 0.412. The molecule has 1 aliphatic rings. The molecule has 1 atom stereocenters. The first-order valence-electron chi connectivity index (χ1n) is 7.87. The smallest absolute Gasteiger partial charge is 0.220 e. The molecule has 5 nitrogen and oxygen atoms in total. The van der Waals surface area contributed by atoms with Crippen LogP contribution in [0.15, 0.2) is 28.8 Å².